The number of aryl methyl sites for hydroxylation is 2. The smallest absolute Gasteiger partial charge is 0.122 e. The SMILES string of the molecule is Cc1cc(OCCO)c(C)cc1I. The lowest BCUT2D eigenvalue weighted by molar-refractivity contribution is 0.200. The summed E-state index contributed by atoms with van der Waals surface area (Å²) in [7, 11) is 0. The molecule has 0 aliphatic heterocycles. The second kappa shape index (κ2) is 4.81. The van der Waals surface area contributed by atoms with Gasteiger partial charge >= 0.3 is 0 Å². The van der Waals surface area contributed by atoms with E-state index in [9.17, 15) is 0 Å². The number of ether oxygens (including phenoxy) is 1. The third kappa shape index (κ3) is 2.84. The van der Waals surface area contributed by atoms with Crippen LogP contribution in [0.2, 0.25) is 0 Å². The molecule has 0 amide bonds. The zero-order chi connectivity index (χ0) is 9.84. The predicted molar refractivity (Wildman–Crippen MR) is 61.2 cm³/mol. The summed E-state index contributed by atoms with van der Waals surface area (Å²) in [5, 5.41) is 8.62. The highest BCUT2D eigenvalue weighted by Crippen LogP contribution is 2.23. The van der Waals surface area contributed by atoms with Crippen LogP contribution < -0.4 is 4.74 Å². The normalized spacial score (nSPS) is 10.2. The second-order valence-electron chi connectivity index (χ2n) is 2.94. The van der Waals surface area contributed by atoms with E-state index in [-0.39, 0.29) is 6.61 Å². The van der Waals surface area contributed by atoms with Gasteiger partial charge in [-0.25, -0.2) is 0 Å². The van der Waals surface area contributed by atoms with Crippen molar-refractivity contribution < 1.29 is 9.84 Å². The average molecular weight is 292 g/mol. The number of aliphatic hydroxyl groups excluding tert-OH is 1. The van der Waals surface area contributed by atoms with Crippen molar-refractivity contribution >= 4 is 22.6 Å². The van der Waals surface area contributed by atoms with Gasteiger partial charge in [0.25, 0.3) is 0 Å². The molecule has 0 fully saturated rings. The van der Waals surface area contributed by atoms with E-state index < -0.39 is 0 Å². The summed E-state index contributed by atoms with van der Waals surface area (Å²) >= 11 is 2.30. The molecule has 0 unspecified atom stereocenters. The maximum absolute atomic E-state index is 8.62. The first-order valence-corrected chi connectivity index (χ1v) is 5.23. The van der Waals surface area contributed by atoms with Crippen LogP contribution in [-0.2, 0) is 0 Å². The monoisotopic (exact) mass is 292 g/mol. The summed E-state index contributed by atoms with van der Waals surface area (Å²) in [6.07, 6.45) is 0. The summed E-state index contributed by atoms with van der Waals surface area (Å²) in [6, 6.07) is 4.09. The zero-order valence-electron chi connectivity index (χ0n) is 7.80. The number of halogens is 1. The van der Waals surface area contributed by atoms with Crippen molar-refractivity contribution in [3.05, 3.63) is 26.8 Å². The van der Waals surface area contributed by atoms with Crippen LogP contribution in [0.1, 0.15) is 11.1 Å². The number of aliphatic hydroxyl groups is 1. The van der Waals surface area contributed by atoms with E-state index in [0.717, 1.165) is 11.3 Å². The molecule has 1 aromatic rings. The first kappa shape index (κ1) is 10.8. The zero-order valence-corrected chi connectivity index (χ0v) is 9.96. The van der Waals surface area contributed by atoms with Crippen molar-refractivity contribution in [2.45, 2.75) is 13.8 Å². The third-order valence-electron chi connectivity index (χ3n) is 1.81. The second-order valence-corrected chi connectivity index (χ2v) is 4.10. The van der Waals surface area contributed by atoms with Crippen LogP contribution in [-0.4, -0.2) is 18.3 Å². The van der Waals surface area contributed by atoms with Crippen molar-refractivity contribution in [2.24, 2.45) is 0 Å². The van der Waals surface area contributed by atoms with Gasteiger partial charge in [-0.1, -0.05) is 0 Å². The molecule has 0 saturated heterocycles. The quantitative estimate of drug-likeness (QED) is 0.866. The Hall–Kier alpha value is -0.290. The molecule has 2 nitrogen and oxygen atoms in total. The molecule has 72 valence electrons. The largest absolute Gasteiger partial charge is 0.491 e. The Morgan fingerprint density at radius 3 is 2.62 bits per heavy atom. The van der Waals surface area contributed by atoms with E-state index in [2.05, 4.69) is 28.7 Å². The van der Waals surface area contributed by atoms with Gasteiger partial charge in [0, 0.05) is 3.57 Å². The van der Waals surface area contributed by atoms with Crippen LogP contribution in [0.5, 0.6) is 5.75 Å². The molecule has 0 radical (unpaired) electrons. The fraction of sp³-hybridized carbons (Fsp3) is 0.400. The topological polar surface area (TPSA) is 29.5 Å². The van der Waals surface area contributed by atoms with E-state index in [1.54, 1.807) is 0 Å². The van der Waals surface area contributed by atoms with Crippen molar-refractivity contribution in [3.8, 4) is 5.75 Å². The highest BCUT2D eigenvalue weighted by Gasteiger charge is 2.02. The molecule has 0 aliphatic carbocycles. The van der Waals surface area contributed by atoms with Gasteiger partial charge in [0.2, 0.25) is 0 Å². The molecule has 0 bridgehead atoms. The minimum absolute atomic E-state index is 0.0600. The van der Waals surface area contributed by atoms with Gasteiger partial charge < -0.3 is 9.84 Å². The van der Waals surface area contributed by atoms with Gasteiger partial charge in [0.15, 0.2) is 0 Å². The maximum Gasteiger partial charge on any atom is 0.122 e. The highest BCUT2D eigenvalue weighted by atomic mass is 127. The number of benzene rings is 1. The first-order chi connectivity index (χ1) is 6.15. The molecule has 3 heteroatoms. The first-order valence-electron chi connectivity index (χ1n) is 4.15. The van der Waals surface area contributed by atoms with Crippen LogP contribution in [0, 0.1) is 17.4 Å². The van der Waals surface area contributed by atoms with E-state index in [1.807, 2.05) is 19.9 Å². The molecule has 0 saturated carbocycles. The van der Waals surface area contributed by atoms with Crippen LogP contribution in [0.15, 0.2) is 12.1 Å². The van der Waals surface area contributed by atoms with Crippen LogP contribution >= 0.6 is 22.6 Å². The van der Waals surface area contributed by atoms with Crippen molar-refractivity contribution in [2.75, 3.05) is 13.2 Å². The number of hydrogen-bond acceptors (Lipinski definition) is 2. The van der Waals surface area contributed by atoms with Gasteiger partial charge in [-0.15, -0.1) is 0 Å². The molecule has 0 heterocycles. The van der Waals surface area contributed by atoms with E-state index >= 15 is 0 Å². The Morgan fingerprint density at radius 1 is 1.31 bits per heavy atom. The minimum atomic E-state index is 0.0600. The lowest BCUT2D eigenvalue weighted by atomic mass is 10.1. The molecule has 1 aromatic carbocycles. The molecule has 0 aliphatic rings. The standard InChI is InChI=1S/C10H13IO2/c1-7-6-10(13-4-3-12)8(2)5-9(7)11/h5-6,12H,3-4H2,1-2H3. The lowest BCUT2D eigenvalue weighted by Gasteiger charge is -2.09. The van der Waals surface area contributed by atoms with Gasteiger partial charge in [-0.3, -0.25) is 0 Å². The number of rotatable bonds is 3. The third-order valence-corrected chi connectivity index (χ3v) is 2.97. The van der Waals surface area contributed by atoms with Gasteiger partial charge in [0.1, 0.15) is 12.4 Å². The lowest BCUT2D eigenvalue weighted by Crippen LogP contribution is -2.03. The Bertz CT molecular complexity index is 297. The molecule has 1 rings (SSSR count). The maximum atomic E-state index is 8.62. The Morgan fingerprint density at radius 2 is 2.00 bits per heavy atom. The number of hydrogen-bond donors (Lipinski definition) is 1. The van der Waals surface area contributed by atoms with Crippen LogP contribution in [0.25, 0.3) is 0 Å². The van der Waals surface area contributed by atoms with Crippen molar-refractivity contribution in [1.29, 1.82) is 0 Å². The molecule has 0 spiro atoms. The van der Waals surface area contributed by atoms with Gasteiger partial charge in [-0.2, -0.15) is 0 Å². The molecular weight excluding hydrogens is 279 g/mol. The Balaban J connectivity index is 2.88. The molecular formula is C10H13IO2. The summed E-state index contributed by atoms with van der Waals surface area (Å²) in [4.78, 5) is 0. The van der Waals surface area contributed by atoms with Gasteiger partial charge in [-0.05, 0) is 59.7 Å². The van der Waals surface area contributed by atoms with Crippen LogP contribution in [0.4, 0.5) is 0 Å². The fourth-order valence-corrected chi connectivity index (χ4v) is 1.69. The predicted octanol–water partition coefficient (Wildman–Crippen LogP) is 2.28. The molecule has 13 heavy (non-hydrogen) atoms. The van der Waals surface area contributed by atoms with Crippen molar-refractivity contribution in [3.63, 3.8) is 0 Å². The average Bonchev–Trinajstić information content (AvgIpc) is 2.09. The summed E-state index contributed by atoms with van der Waals surface area (Å²) in [6.45, 7) is 4.48. The van der Waals surface area contributed by atoms with E-state index in [1.165, 1.54) is 9.13 Å². The Labute approximate surface area is 92.1 Å². The van der Waals surface area contributed by atoms with Gasteiger partial charge in [0.05, 0.1) is 6.61 Å². The summed E-state index contributed by atoms with van der Waals surface area (Å²) in [5.74, 6) is 0.868. The fourth-order valence-electron chi connectivity index (χ4n) is 1.07. The van der Waals surface area contributed by atoms with Crippen molar-refractivity contribution in [1.82, 2.24) is 0 Å². The van der Waals surface area contributed by atoms with E-state index in [0.29, 0.717) is 6.61 Å². The summed E-state index contributed by atoms with van der Waals surface area (Å²) < 4.78 is 6.61. The minimum Gasteiger partial charge on any atom is -0.491 e. The van der Waals surface area contributed by atoms with Crippen LogP contribution in [0.3, 0.4) is 0 Å². The Kier molecular flexibility index (Phi) is 3.99. The molecule has 0 aromatic heterocycles. The molecule has 0 atom stereocenters. The molecule has 1 N–H and O–H groups in total. The van der Waals surface area contributed by atoms with E-state index in [4.69, 9.17) is 9.84 Å². The summed E-state index contributed by atoms with van der Waals surface area (Å²) in [5.41, 5.74) is 2.32. The highest BCUT2D eigenvalue weighted by molar-refractivity contribution is 14.1.